The highest BCUT2D eigenvalue weighted by atomic mass is 32.1. The fourth-order valence-electron chi connectivity index (χ4n) is 2.78. The lowest BCUT2D eigenvalue weighted by Crippen LogP contribution is -2.04. The predicted octanol–water partition coefficient (Wildman–Crippen LogP) is 4.33. The summed E-state index contributed by atoms with van der Waals surface area (Å²) in [6.45, 7) is 3.91. The second-order valence-corrected chi connectivity index (χ2v) is 7.07. The van der Waals surface area contributed by atoms with E-state index in [0.717, 1.165) is 16.8 Å². The molecule has 1 aromatic heterocycles. The van der Waals surface area contributed by atoms with Gasteiger partial charge < -0.3 is 20.5 Å². The van der Waals surface area contributed by atoms with E-state index in [1.807, 2.05) is 38.1 Å². The van der Waals surface area contributed by atoms with Gasteiger partial charge in [-0.3, -0.25) is 4.79 Å². The highest BCUT2D eigenvalue weighted by molar-refractivity contribution is 7.18. The molecule has 0 atom stereocenters. The average molecular weight is 383 g/mol. The molecule has 3 aromatic rings. The summed E-state index contributed by atoms with van der Waals surface area (Å²) in [5, 5.41) is 3.70. The van der Waals surface area contributed by atoms with Gasteiger partial charge in [0.15, 0.2) is 16.6 Å². The summed E-state index contributed by atoms with van der Waals surface area (Å²) >= 11 is 1.22. The fourth-order valence-corrected chi connectivity index (χ4v) is 3.64. The van der Waals surface area contributed by atoms with Gasteiger partial charge in [-0.25, -0.2) is 4.98 Å². The van der Waals surface area contributed by atoms with Crippen LogP contribution in [0.3, 0.4) is 0 Å². The molecule has 7 heteroatoms. The Morgan fingerprint density at radius 1 is 1.07 bits per heavy atom. The molecule has 140 valence electrons. The molecule has 0 saturated heterocycles. The van der Waals surface area contributed by atoms with E-state index in [1.165, 1.54) is 11.3 Å². The smallest absolute Gasteiger partial charge is 0.207 e. The number of nitrogen functional groups attached to an aromatic ring is 1. The molecular formula is C20H21N3O3S. The standard InChI is InChI=1S/C20H21N3O3S/c1-11-5-7-14(12(2)9-11)17(24)18-19(21)23-20(27-18)22-13-6-8-15(25-3)16(10-13)26-4/h5-10H,21H2,1-4H3,(H,22,23). The Kier molecular flexibility index (Phi) is 5.32. The number of nitrogens with two attached hydrogens (primary N) is 1. The van der Waals surface area contributed by atoms with Gasteiger partial charge in [-0.05, 0) is 31.5 Å². The molecule has 0 spiro atoms. The van der Waals surface area contributed by atoms with Gasteiger partial charge in [-0.15, -0.1) is 0 Å². The second kappa shape index (κ2) is 7.67. The van der Waals surface area contributed by atoms with Crippen LogP contribution in [0, 0.1) is 13.8 Å². The molecule has 0 aliphatic carbocycles. The zero-order valence-corrected chi connectivity index (χ0v) is 16.4. The highest BCUT2D eigenvalue weighted by Crippen LogP contribution is 2.34. The first-order valence-electron chi connectivity index (χ1n) is 8.30. The molecule has 0 unspecified atom stereocenters. The molecule has 0 radical (unpaired) electrons. The number of benzene rings is 2. The Bertz CT molecular complexity index is 998. The number of ether oxygens (including phenoxy) is 2. The van der Waals surface area contributed by atoms with Crippen molar-refractivity contribution in [2.75, 3.05) is 25.3 Å². The number of aryl methyl sites for hydroxylation is 2. The lowest BCUT2D eigenvalue weighted by molar-refractivity contribution is 0.104. The van der Waals surface area contributed by atoms with E-state index >= 15 is 0 Å². The van der Waals surface area contributed by atoms with Gasteiger partial charge >= 0.3 is 0 Å². The minimum Gasteiger partial charge on any atom is -0.493 e. The Hall–Kier alpha value is -3.06. The van der Waals surface area contributed by atoms with Crippen molar-refractivity contribution in [2.45, 2.75) is 13.8 Å². The van der Waals surface area contributed by atoms with Crippen LogP contribution >= 0.6 is 11.3 Å². The summed E-state index contributed by atoms with van der Waals surface area (Å²) in [5.41, 5.74) is 9.43. The summed E-state index contributed by atoms with van der Waals surface area (Å²) in [4.78, 5) is 17.6. The third-order valence-corrected chi connectivity index (χ3v) is 5.11. The lowest BCUT2D eigenvalue weighted by atomic mass is 10.0. The van der Waals surface area contributed by atoms with Gasteiger partial charge in [-0.2, -0.15) is 0 Å². The molecule has 0 bridgehead atoms. The number of anilines is 3. The van der Waals surface area contributed by atoms with E-state index in [4.69, 9.17) is 15.2 Å². The Balaban J connectivity index is 1.87. The number of rotatable bonds is 6. The summed E-state index contributed by atoms with van der Waals surface area (Å²) in [5.74, 6) is 1.32. The molecule has 0 aliphatic heterocycles. The number of carbonyl (C=O) groups is 1. The van der Waals surface area contributed by atoms with Gasteiger partial charge in [0.25, 0.3) is 0 Å². The number of nitrogens with zero attached hydrogens (tertiary/aromatic N) is 1. The molecule has 3 N–H and O–H groups in total. The fraction of sp³-hybridized carbons (Fsp3) is 0.200. The summed E-state index contributed by atoms with van der Waals surface area (Å²) in [7, 11) is 3.15. The maximum Gasteiger partial charge on any atom is 0.207 e. The van der Waals surface area contributed by atoms with Crippen molar-refractivity contribution < 1.29 is 14.3 Å². The van der Waals surface area contributed by atoms with Crippen LogP contribution < -0.4 is 20.5 Å². The van der Waals surface area contributed by atoms with Crippen LogP contribution in [0.2, 0.25) is 0 Å². The number of hydrogen-bond donors (Lipinski definition) is 2. The number of methoxy groups -OCH3 is 2. The van der Waals surface area contributed by atoms with Crippen molar-refractivity contribution in [1.82, 2.24) is 4.98 Å². The van der Waals surface area contributed by atoms with Crippen LogP contribution in [0.1, 0.15) is 26.4 Å². The van der Waals surface area contributed by atoms with Crippen molar-refractivity contribution in [1.29, 1.82) is 0 Å². The Labute approximate surface area is 162 Å². The summed E-state index contributed by atoms with van der Waals surface area (Å²) in [6, 6.07) is 11.1. The van der Waals surface area contributed by atoms with Crippen molar-refractivity contribution >= 4 is 33.8 Å². The number of nitrogens with one attached hydrogen (secondary N) is 1. The zero-order chi connectivity index (χ0) is 19.6. The molecule has 0 fully saturated rings. The van der Waals surface area contributed by atoms with Crippen molar-refractivity contribution in [2.24, 2.45) is 0 Å². The Morgan fingerprint density at radius 3 is 2.48 bits per heavy atom. The van der Waals surface area contributed by atoms with Crippen molar-refractivity contribution in [3.63, 3.8) is 0 Å². The lowest BCUT2D eigenvalue weighted by Gasteiger charge is -2.09. The van der Waals surface area contributed by atoms with Gasteiger partial charge in [0.2, 0.25) is 5.78 Å². The number of thiazole rings is 1. The number of carbonyl (C=O) groups excluding carboxylic acids is 1. The maximum atomic E-state index is 12.9. The third kappa shape index (κ3) is 3.88. The summed E-state index contributed by atoms with van der Waals surface area (Å²) < 4.78 is 10.5. The summed E-state index contributed by atoms with van der Waals surface area (Å²) in [6.07, 6.45) is 0. The van der Waals surface area contributed by atoms with Crippen molar-refractivity contribution in [3.8, 4) is 11.5 Å². The first kappa shape index (κ1) is 18.7. The van der Waals surface area contributed by atoms with Gasteiger partial charge in [0, 0.05) is 17.3 Å². The van der Waals surface area contributed by atoms with Crippen LogP contribution in [0.4, 0.5) is 16.6 Å². The number of aromatic nitrogens is 1. The zero-order valence-electron chi connectivity index (χ0n) is 15.6. The largest absolute Gasteiger partial charge is 0.493 e. The normalized spacial score (nSPS) is 10.5. The van der Waals surface area contributed by atoms with E-state index in [1.54, 1.807) is 26.4 Å². The SMILES string of the molecule is COc1ccc(Nc2nc(N)c(C(=O)c3ccc(C)cc3C)s2)cc1OC. The predicted molar refractivity (Wildman–Crippen MR) is 109 cm³/mol. The molecule has 0 aliphatic rings. The average Bonchev–Trinajstić information content (AvgIpc) is 3.01. The molecule has 27 heavy (non-hydrogen) atoms. The van der Waals surface area contributed by atoms with E-state index < -0.39 is 0 Å². The van der Waals surface area contributed by atoms with Crippen LogP contribution in [0.15, 0.2) is 36.4 Å². The number of hydrogen-bond acceptors (Lipinski definition) is 7. The van der Waals surface area contributed by atoms with E-state index in [2.05, 4.69) is 10.3 Å². The third-order valence-electron chi connectivity index (χ3n) is 4.12. The number of ketones is 1. The maximum absolute atomic E-state index is 12.9. The van der Waals surface area contributed by atoms with Crippen LogP contribution in [-0.4, -0.2) is 25.0 Å². The van der Waals surface area contributed by atoms with Gasteiger partial charge in [0.1, 0.15) is 10.7 Å². The Morgan fingerprint density at radius 2 is 1.81 bits per heavy atom. The molecular weight excluding hydrogens is 362 g/mol. The van der Waals surface area contributed by atoms with Crippen molar-refractivity contribution in [3.05, 3.63) is 58.0 Å². The molecule has 3 rings (SSSR count). The molecule has 1 heterocycles. The van der Waals surface area contributed by atoms with Gasteiger partial charge in [0.05, 0.1) is 14.2 Å². The quantitative estimate of drug-likeness (QED) is 0.616. The van der Waals surface area contributed by atoms with Gasteiger partial charge in [-0.1, -0.05) is 35.1 Å². The van der Waals surface area contributed by atoms with Crippen LogP contribution in [0.5, 0.6) is 11.5 Å². The minimum absolute atomic E-state index is 0.122. The topological polar surface area (TPSA) is 86.5 Å². The van der Waals surface area contributed by atoms with Crippen LogP contribution in [0.25, 0.3) is 0 Å². The second-order valence-electron chi connectivity index (χ2n) is 6.08. The van der Waals surface area contributed by atoms with E-state index in [0.29, 0.717) is 27.1 Å². The highest BCUT2D eigenvalue weighted by Gasteiger charge is 2.20. The minimum atomic E-state index is -0.122. The molecule has 6 nitrogen and oxygen atoms in total. The monoisotopic (exact) mass is 383 g/mol. The molecule has 0 amide bonds. The molecule has 0 saturated carbocycles. The molecule has 2 aromatic carbocycles. The first-order chi connectivity index (χ1) is 12.9. The van der Waals surface area contributed by atoms with Crippen LogP contribution in [-0.2, 0) is 0 Å². The first-order valence-corrected chi connectivity index (χ1v) is 9.12. The van der Waals surface area contributed by atoms with E-state index in [-0.39, 0.29) is 11.6 Å². The van der Waals surface area contributed by atoms with E-state index in [9.17, 15) is 4.79 Å².